The third-order valence-corrected chi connectivity index (χ3v) is 2.83. The first-order valence-corrected chi connectivity index (χ1v) is 6.10. The van der Waals surface area contributed by atoms with Gasteiger partial charge in [-0.05, 0) is 31.0 Å². The Hall–Kier alpha value is -2.17. The summed E-state index contributed by atoms with van der Waals surface area (Å²) in [7, 11) is 0. The number of aryl methyl sites for hydroxylation is 2. The van der Waals surface area contributed by atoms with E-state index in [9.17, 15) is 9.18 Å². The number of carbonyl (C=O) groups is 1. The molecular formula is C14H16FN3O. The maximum absolute atomic E-state index is 13.7. The molecule has 2 rings (SSSR count). The molecule has 0 saturated heterocycles. The van der Waals surface area contributed by atoms with E-state index in [1.165, 1.54) is 6.07 Å². The molecule has 1 aromatic carbocycles. The Kier molecular flexibility index (Phi) is 3.94. The predicted molar refractivity (Wildman–Crippen MR) is 70.4 cm³/mol. The van der Waals surface area contributed by atoms with E-state index >= 15 is 0 Å². The summed E-state index contributed by atoms with van der Waals surface area (Å²) in [6.07, 6.45) is 3.64. The van der Waals surface area contributed by atoms with Crippen LogP contribution >= 0.6 is 0 Å². The van der Waals surface area contributed by atoms with Crippen LogP contribution in [-0.2, 0) is 6.54 Å². The van der Waals surface area contributed by atoms with Crippen LogP contribution in [0.5, 0.6) is 0 Å². The van der Waals surface area contributed by atoms with Gasteiger partial charge in [0.1, 0.15) is 5.82 Å². The molecule has 19 heavy (non-hydrogen) atoms. The van der Waals surface area contributed by atoms with Gasteiger partial charge in [-0.2, -0.15) is 5.10 Å². The third kappa shape index (κ3) is 3.19. The summed E-state index contributed by atoms with van der Waals surface area (Å²) in [5.41, 5.74) is 1.61. The number of benzene rings is 1. The summed E-state index contributed by atoms with van der Waals surface area (Å²) < 4.78 is 15.5. The van der Waals surface area contributed by atoms with Crippen molar-refractivity contribution < 1.29 is 9.18 Å². The average Bonchev–Trinajstić information content (AvgIpc) is 2.78. The molecule has 0 radical (unpaired) electrons. The Balaban J connectivity index is 1.93. The number of nitrogens with one attached hydrogen (secondary N) is 1. The van der Waals surface area contributed by atoms with E-state index in [1.54, 1.807) is 29.9 Å². The first-order valence-electron chi connectivity index (χ1n) is 6.10. The molecule has 0 unspecified atom stereocenters. The third-order valence-electron chi connectivity index (χ3n) is 2.83. The molecule has 0 spiro atoms. The van der Waals surface area contributed by atoms with Crippen LogP contribution in [0.1, 0.15) is 21.5 Å². The SMILES string of the molecule is Cc1cnn(CCNC(=O)c2cccc(C)c2F)c1. The lowest BCUT2D eigenvalue weighted by molar-refractivity contribution is 0.0947. The molecule has 0 aliphatic heterocycles. The fourth-order valence-corrected chi connectivity index (χ4v) is 1.79. The maximum atomic E-state index is 13.7. The predicted octanol–water partition coefficient (Wildman–Crippen LogP) is 2.07. The number of aromatic nitrogens is 2. The number of hydrogen-bond acceptors (Lipinski definition) is 2. The number of hydrogen-bond donors (Lipinski definition) is 1. The normalized spacial score (nSPS) is 10.5. The van der Waals surface area contributed by atoms with Gasteiger partial charge in [0.15, 0.2) is 0 Å². The molecule has 1 amide bonds. The monoisotopic (exact) mass is 261 g/mol. The molecule has 0 saturated carbocycles. The van der Waals surface area contributed by atoms with Gasteiger partial charge in [0.2, 0.25) is 0 Å². The Bertz CT molecular complexity index is 592. The van der Waals surface area contributed by atoms with E-state index in [2.05, 4.69) is 10.4 Å². The van der Waals surface area contributed by atoms with Gasteiger partial charge in [-0.25, -0.2) is 4.39 Å². The molecule has 0 fully saturated rings. The molecule has 0 aliphatic carbocycles. The molecule has 0 bridgehead atoms. The van der Waals surface area contributed by atoms with Gasteiger partial charge in [-0.1, -0.05) is 12.1 Å². The number of carbonyl (C=O) groups excluding carboxylic acids is 1. The van der Waals surface area contributed by atoms with Crippen LogP contribution in [0, 0.1) is 19.7 Å². The first kappa shape index (κ1) is 13.3. The second-order valence-corrected chi connectivity index (χ2v) is 4.47. The molecule has 100 valence electrons. The quantitative estimate of drug-likeness (QED) is 0.915. The van der Waals surface area contributed by atoms with Crippen molar-refractivity contribution >= 4 is 5.91 Å². The van der Waals surface area contributed by atoms with Crippen LogP contribution in [0.15, 0.2) is 30.6 Å². The molecule has 1 heterocycles. The van der Waals surface area contributed by atoms with Gasteiger partial charge >= 0.3 is 0 Å². The van der Waals surface area contributed by atoms with Crippen molar-refractivity contribution in [2.45, 2.75) is 20.4 Å². The van der Waals surface area contributed by atoms with Crippen LogP contribution in [0.2, 0.25) is 0 Å². The summed E-state index contributed by atoms with van der Waals surface area (Å²) in [5.74, 6) is -0.861. The molecule has 0 aliphatic rings. The lowest BCUT2D eigenvalue weighted by Gasteiger charge is -2.07. The standard InChI is InChI=1S/C14H16FN3O/c1-10-8-17-18(9-10)7-6-16-14(19)12-5-3-4-11(2)13(12)15/h3-5,8-9H,6-7H2,1-2H3,(H,16,19). The van der Waals surface area contributed by atoms with Crippen molar-refractivity contribution in [2.24, 2.45) is 0 Å². The summed E-state index contributed by atoms with van der Waals surface area (Å²) in [6.45, 7) is 4.56. The zero-order valence-corrected chi connectivity index (χ0v) is 11.0. The largest absolute Gasteiger partial charge is 0.350 e. The van der Waals surface area contributed by atoms with Crippen LogP contribution in [0.3, 0.4) is 0 Å². The van der Waals surface area contributed by atoms with Crippen LogP contribution in [-0.4, -0.2) is 22.2 Å². The van der Waals surface area contributed by atoms with E-state index in [0.29, 0.717) is 18.7 Å². The van der Waals surface area contributed by atoms with Crippen molar-refractivity contribution in [3.8, 4) is 0 Å². The van der Waals surface area contributed by atoms with Gasteiger partial charge in [-0.3, -0.25) is 9.48 Å². The minimum absolute atomic E-state index is 0.0802. The van der Waals surface area contributed by atoms with Gasteiger partial charge in [0.25, 0.3) is 5.91 Å². The fourth-order valence-electron chi connectivity index (χ4n) is 1.79. The fraction of sp³-hybridized carbons (Fsp3) is 0.286. The van der Waals surface area contributed by atoms with Crippen LogP contribution < -0.4 is 5.32 Å². The zero-order chi connectivity index (χ0) is 13.8. The van der Waals surface area contributed by atoms with Gasteiger partial charge in [-0.15, -0.1) is 0 Å². The molecular weight excluding hydrogens is 245 g/mol. The van der Waals surface area contributed by atoms with Gasteiger partial charge < -0.3 is 5.32 Å². The first-order chi connectivity index (χ1) is 9.08. The number of rotatable bonds is 4. The van der Waals surface area contributed by atoms with Crippen LogP contribution in [0.25, 0.3) is 0 Å². The lowest BCUT2D eigenvalue weighted by Crippen LogP contribution is -2.28. The van der Waals surface area contributed by atoms with E-state index < -0.39 is 11.7 Å². The summed E-state index contributed by atoms with van der Waals surface area (Å²) in [5, 5.41) is 6.79. The second kappa shape index (κ2) is 5.65. The highest BCUT2D eigenvalue weighted by Gasteiger charge is 2.12. The van der Waals surface area contributed by atoms with Gasteiger partial charge in [0.05, 0.1) is 18.3 Å². The van der Waals surface area contributed by atoms with E-state index in [4.69, 9.17) is 0 Å². The number of halogens is 1. The Morgan fingerprint density at radius 2 is 2.21 bits per heavy atom. The van der Waals surface area contributed by atoms with Crippen molar-refractivity contribution in [3.63, 3.8) is 0 Å². The van der Waals surface area contributed by atoms with E-state index in [-0.39, 0.29) is 5.56 Å². The van der Waals surface area contributed by atoms with Crippen molar-refractivity contribution in [3.05, 3.63) is 53.1 Å². The topological polar surface area (TPSA) is 46.9 Å². The Labute approximate surface area is 111 Å². The molecule has 4 nitrogen and oxygen atoms in total. The number of amides is 1. The maximum Gasteiger partial charge on any atom is 0.254 e. The van der Waals surface area contributed by atoms with Gasteiger partial charge in [0, 0.05) is 12.7 Å². The minimum Gasteiger partial charge on any atom is -0.350 e. The summed E-state index contributed by atoms with van der Waals surface area (Å²) in [6, 6.07) is 4.79. The Morgan fingerprint density at radius 1 is 1.42 bits per heavy atom. The zero-order valence-electron chi connectivity index (χ0n) is 11.0. The molecule has 2 aromatic rings. The van der Waals surface area contributed by atoms with Crippen molar-refractivity contribution in [2.75, 3.05) is 6.54 Å². The smallest absolute Gasteiger partial charge is 0.254 e. The van der Waals surface area contributed by atoms with E-state index in [1.807, 2.05) is 13.1 Å². The van der Waals surface area contributed by atoms with E-state index in [0.717, 1.165) is 5.56 Å². The highest BCUT2D eigenvalue weighted by molar-refractivity contribution is 5.94. The van der Waals surface area contributed by atoms with Crippen molar-refractivity contribution in [1.29, 1.82) is 0 Å². The summed E-state index contributed by atoms with van der Waals surface area (Å²) in [4.78, 5) is 11.8. The minimum atomic E-state index is -0.463. The highest BCUT2D eigenvalue weighted by atomic mass is 19.1. The summed E-state index contributed by atoms with van der Waals surface area (Å²) >= 11 is 0. The Morgan fingerprint density at radius 3 is 2.89 bits per heavy atom. The highest BCUT2D eigenvalue weighted by Crippen LogP contribution is 2.11. The molecule has 5 heteroatoms. The lowest BCUT2D eigenvalue weighted by atomic mass is 10.1. The molecule has 1 aromatic heterocycles. The van der Waals surface area contributed by atoms with Crippen molar-refractivity contribution in [1.82, 2.24) is 15.1 Å². The average molecular weight is 261 g/mol. The number of nitrogens with zero attached hydrogens (tertiary/aromatic N) is 2. The molecule has 0 atom stereocenters. The van der Waals surface area contributed by atoms with Crippen LogP contribution in [0.4, 0.5) is 4.39 Å². The second-order valence-electron chi connectivity index (χ2n) is 4.47. The molecule has 1 N–H and O–H groups in total.